The number of halogens is 1. The van der Waals surface area contributed by atoms with Gasteiger partial charge < -0.3 is 0 Å². The van der Waals surface area contributed by atoms with Crippen LogP contribution in [0.4, 0.5) is 4.39 Å². The number of alkyl halides is 1. The van der Waals surface area contributed by atoms with Gasteiger partial charge in [0.2, 0.25) is 0 Å². The first-order valence-corrected chi connectivity index (χ1v) is 12.1. The fourth-order valence-corrected chi connectivity index (χ4v) is 6.83. The fourth-order valence-electron chi connectivity index (χ4n) is 6.83. The van der Waals surface area contributed by atoms with Gasteiger partial charge in [-0.25, -0.2) is 9.28 Å². The Kier molecular flexibility index (Phi) is 8.44. The van der Waals surface area contributed by atoms with Gasteiger partial charge in [0.25, 0.3) is 0 Å². The minimum atomic E-state index is -0.707. The maximum atomic E-state index is 14.4. The minimum absolute atomic E-state index is 0.137. The monoisotopic (exact) mass is 382 g/mol. The van der Waals surface area contributed by atoms with E-state index >= 15 is 0 Å². The quantitative estimate of drug-likeness (QED) is 0.366. The highest BCUT2D eigenvalue weighted by Gasteiger charge is 2.40. The molecular weight excluding hydrogens is 339 g/mol. The van der Waals surface area contributed by atoms with E-state index in [0.717, 1.165) is 49.9 Å². The zero-order chi connectivity index (χ0) is 19.2. The van der Waals surface area contributed by atoms with E-state index in [-0.39, 0.29) is 17.9 Å². The van der Waals surface area contributed by atoms with E-state index < -0.39 is 6.17 Å². The van der Waals surface area contributed by atoms with Crippen molar-refractivity contribution in [3.8, 4) is 0 Å². The Balaban J connectivity index is 1.45. The molecule has 4 atom stereocenters. The molecule has 0 aromatic carbocycles. The van der Waals surface area contributed by atoms with Gasteiger partial charge in [-0.3, -0.25) is 5.26 Å². The smallest absolute Gasteiger partial charge is 0.103 e. The molecule has 3 heteroatoms. The predicted octanol–water partition coefficient (Wildman–Crippen LogP) is 7.42. The van der Waals surface area contributed by atoms with Crippen molar-refractivity contribution in [2.75, 3.05) is 0 Å². The summed E-state index contributed by atoms with van der Waals surface area (Å²) in [6.45, 7) is 4.40. The molecule has 3 aliphatic rings. The van der Waals surface area contributed by atoms with Crippen molar-refractivity contribution in [3.63, 3.8) is 0 Å². The van der Waals surface area contributed by atoms with Crippen molar-refractivity contribution in [2.45, 2.75) is 116 Å². The Bertz CT molecular complexity index is 413. The molecule has 1 N–H and O–H groups in total. The summed E-state index contributed by atoms with van der Waals surface area (Å²) in [5.41, 5.74) is 0. The standard InChI is InChI=1S/C24H43FO2/c1-3-5-17-6-8-19(9-7-17)20-11-13-21(14-12-20)24(27-26)22-15-10-18(4-2)23(25)16-22/h17-24,26H,3-16H2,1-2H3. The molecule has 27 heavy (non-hydrogen) atoms. The summed E-state index contributed by atoms with van der Waals surface area (Å²) in [6, 6.07) is 0. The van der Waals surface area contributed by atoms with E-state index in [1.807, 2.05) is 0 Å². The molecule has 3 saturated carbocycles. The van der Waals surface area contributed by atoms with Crippen molar-refractivity contribution < 1.29 is 14.5 Å². The molecule has 0 saturated heterocycles. The molecule has 0 aliphatic heterocycles. The Morgan fingerprint density at radius 2 is 1.44 bits per heavy atom. The lowest BCUT2D eigenvalue weighted by Gasteiger charge is -2.42. The highest BCUT2D eigenvalue weighted by atomic mass is 19.1. The van der Waals surface area contributed by atoms with Crippen LogP contribution in [0.3, 0.4) is 0 Å². The average Bonchev–Trinajstić information content (AvgIpc) is 2.70. The van der Waals surface area contributed by atoms with Crippen molar-refractivity contribution in [2.24, 2.45) is 35.5 Å². The number of hydrogen-bond donors (Lipinski definition) is 1. The van der Waals surface area contributed by atoms with Crippen LogP contribution < -0.4 is 0 Å². The van der Waals surface area contributed by atoms with Crippen molar-refractivity contribution in [1.82, 2.24) is 0 Å². The molecule has 0 heterocycles. The summed E-state index contributed by atoms with van der Waals surface area (Å²) in [6.07, 6.45) is 16.1. The largest absolute Gasteiger partial charge is 0.252 e. The van der Waals surface area contributed by atoms with Gasteiger partial charge >= 0.3 is 0 Å². The molecule has 158 valence electrons. The highest BCUT2D eigenvalue weighted by molar-refractivity contribution is 4.89. The topological polar surface area (TPSA) is 29.5 Å². The van der Waals surface area contributed by atoms with Gasteiger partial charge in [0.15, 0.2) is 0 Å². The minimum Gasteiger partial charge on any atom is -0.252 e. The third-order valence-corrected chi connectivity index (χ3v) is 8.59. The fraction of sp³-hybridized carbons (Fsp3) is 1.00. The van der Waals surface area contributed by atoms with Crippen LogP contribution in [0.15, 0.2) is 0 Å². The average molecular weight is 383 g/mol. The first kappa shape index (κ1) is 21.6. The Morgan fingerprint density at radius 1 is 0.852 bits per heavy atom. The van der Waals surface area contributed by atoms with Gasteiger partial charge in [0.1, 0.15) is 6.17 Å². The third kappa shape index (κ3) is 5.47. The molecule has 4 unspecified atom stereocenters. The first-order valence-electron chi connectivity index (χ1n) is 12.1. The molecule has 3 rings (SSSR count). The van der Waals surface area contributed by atoms with Crippen molar-refractivity contribution in [3.05, 3.63) is 0 Å². The Hall–Kier alpha value is -0.150. The van der Waals surface area contributed by atoms with E-state index in [9.17, 15) is 9.65 Å². The summed E-state index contributed by atoms with van der Waals surface area (Å²) >= 11 is 0. The molecule has 3 fully saturated rings. The van der Waals surface area contributed by atoms with Gasteiger partial charge in [-0.05, 0) is 93.3 Å². The van der Waals surface area contributed by atoms with Crippen LogP contribution in [0.2, 0.25) is 0 Å². The molecular formula is C24H43FO2. The van der Waals surface area contributed by atoms with Crippen LogP contribution in [0, 0.1) is 35.5 Å². The van der Waals surface area contributed by atoms with Crippen LogP contribution in [-0.2, 0) is 4.89 Å². The summed E-state index contributed by atoms with van der Waals surface area (Å²) < 4.78 is 14.4. The lowest BCUT2D eigenvalue weighted by molar-refractivity contribution is -0.308. The predicted molar refractivity (Wildman–Crippen MR) is 109 cm³/mol. The van der Waals surface area contributed by atoms with Gasteiger partial charge in [-0.1, -0.05) is 46.0 Å². The molecule has 0 bridgehead atoms. The molecule has 0 amide bonds. The molecule has 3 aliphatic carbocycles. The van der Waals surface area contributed by atoms with Gasteiger partial charge in [-0.15, -0.1) is 0 Å². The second-order valence-electron chi connectivity index (χ2n) is 10.1. The second kappa shape index (κ2) is 10.6. The molecule has 2 nitrogen and oxygen atoms in total. The molecule has 0 spiro atoms. The molecule has 0 radical (unpaired) electrons. The van der Waals surface area contributed by atoms with Gasteiger partial charge in [-0.2, -0.15) is 0 Å². The van der Waals surface area contributed by atoms with E-state index in [1.165, 1.54) is 51.4 Å². The maximum absolute atomic E-state index is 14.4. The van der Waals surface area contributed by atoms with Gasteiger partial charge in [0.05, 0.1) is 6.10 Å². The van der Waals surface area contributed by atoms with E-state index in [4.69, 9.17) is 4.89 Å². The zero-order valence-electron chi connectivity index (χ0n) is 17.8. The Morgan fingerprint density at radius 3 is 1.96 bits per heavy atom. The summed E-state index contributed by atoms with van der Waals surface area (Å²) in [5.74, 6) is 3.66. The highest BCUT2D eigenvalue weighted by Crippen LogP contribution is 2.45. The second-order valence-corrected chi connectivity index (χ2v) is 10.1. The lowest BCUT2D eigenvalue weighted by atomic mass is 9.66. The van der Waals surface area contributed by atoms with E-state index in [0.29, 0.717) is 12.3 Å². The third-order valence-electron chi connectivity index (χ3n) is 8.59. The van der Waals surface area contributed by atoms with Gasteiger partial charge in [0, 0.05) is 0 Å². The van der Waals surface area contributed by atoms with Crippen LogP contribution in [-0.4, -0.2) is 17.5 Å². The lowest BCUT2D eigenvalue weighted by Crippen LogP contribution is -2.39. The van der Waals surface area contributed by atoms with Crippen LogP contribution in [0.25, 0.3) is 0 Å². The number of hydrogen-bond acceptors (Lipinski definition) is 2. The molecule has 0 aromatic heterocycles. The maximum Gasteiger partial charge on any atom is 0.103 e. The normalized spacial score (nSPS) is 42.0. The first-order chi connectivity index (χ1) is 13.2. The Labute approximate surface area is 166 Å². The molecule has 0 aromatic rings. The summed E-state index contributed by atoms with van der Waals surface area (Å²) in [4.78, 5) is 5.00. The summed E-state index contributed by atoms with van der Waals surface area (Å²) in [7, 11) is 0. The SMILES string of the molecule is CCCC1CCC(C2CCC(C(OO)C3CCC(CC)C(F)C3)CC2)CC1. The van der Waals surface area contributed by atoms with Crippen LogP contribution >= 0.6 is 0 Å². The van der Waals surface area contributed by atoms with Crippen molar-refractivity contribution in [1.29, 1.82) is 0 Å². The number of rotatable bonds is 7. The summed E-state index contributed by atoms with van der Waals surface area (Å²) in [5, 5.41) is 9.61. The van der Waals surface area contributed by atoms with E-state index in [2.05, 4.69) is 13.8 Å². The van der Waals surface area contributed by atoms with Crippen LogP contribution in [0.1, 0.15) is 104 Å². The van der Waals surface area contributed by atoms with Crippen LogP contribution in [0.5, 0.6) is 0 Å². The van der Waals surface area contributed by atoms with Crippen molar-refractivity contribution >= 4 is 0 Å². The zero-order valence-corrected chi connectivity index (χ0v) is 17.8. The van der Waals surface area contributed by atoms with E-state index in [1.54, 1.807) is 0 Å².